The van der Waals surface area contributed by atoms with Gasteiger partial charge in [0.15, 0.2) is 0 Å². The van der Waals surface area contributed by atoms with Gasteiger partial charge in [-0.25, -0.2) is 9.97 Å². The van der Waals surface area contributed by atoms with E-state index in [0.717, 1.165) is 12.2 Å². The van der Waals surface area contributed by atoms with Crippen LogP contribution in [0.4, 0.5) is 5.82 Å². The topological polar surface area (TPSA) is 29.0 Å². The first-order valence-corrected chi connectivity index (χ1v) is 5.59. The van der Waals surface area contributed by atoms with E-state index in [-0.39, 0.29) is 0 Å². The number of hydrogen-bond acceptors (Lipinski definition) is 3. The minimum atomic E-state index is 0.455. The van der Waals surface area contributed by atoms with Crippen LogP contribution in [0, 0.1) is 5.92 Å². The summed E-state index contributed by atoms with van der Waals surface area (Å²) in [7, 11) is 2.03. The minimum Gasteiger partial charge on any atom is -0.357 e. The molecular formula is C11H18ClN3. The summed E-state index contributed by atoms with van der Waals surface area (Å²) >= 11 is 5.82. The van der Waals surface area contributed by atoms with E-state index < -0.39 is 0 Å². The molecule has 15 heavy (non-hydrogen) atoms. The smallest absolute Gasteiger partial charge is 0.134 e. The van der Waals surface area contributed by atoms with E-state index in [1.54, 1.807) is 6.07 Å². The highest BCUT2D eigenvalue weighted by Gasteiger charge is 2.12. The Morgan fingerprint density at radius 2 is 2.00 bits per heavy atom. The van der Waals surface area contributed by atoms with Gasteiger partial charge in [-0.2, -0.15) is 0 Å². The van der Waals surface area contributed by atoms with Crippen LogP contribution in [0.3, 0.4) is 0 Å². The van der Waals surface area contributed by atoms with Crippen LogP contribution >= 0.6 is 11.6 Å². The summed E-state index contributed by atoms with van der Waals surface area (Å²) in [5.41, 5.74) is 0. The lowest BCUT2D eigenvalue weighted by molar-refractivity contribution is 0.502. The van der Waals surface area contributed by atoms with Gasteiger partial charge in [0.05, 0.1) is 0 Å². The molecule has 0 aliphatic carbocycles. The molecule has 0 aliphatic rings. The lowest BCUT2D eigenvalue weighted by Crippen LogP contribution is -2.30. The number of halogens is 1. The van der Waals surface area contributed by atoms with Crippen LogP contribution in [0.15, 0.2) is 12.4 Å². The van der Waals surface area contributed by atoms with E-state index in [9.17, 15) is 0 Å². The number of nitrogens with zero attached hydrogens (tertiary/aromatic N) is 3. The first-order chi connectivity index (χ1) is 7.00. The Hall–Kier alpha value is -0.830. The number of rotatable bonds is 4. The van der Waals surface area contributed by atoms with Gasteiger partial charge < -0.3 is 4.90 Å². The zero-order valence-electron chi connectivity index (χ0n) is 9.74. The largest absolute Gasteiger partial charge is 0.357 e. The molecule has 1 rings (SSSR count). The van der Waals surface area contributed by atoms with Gasteiger partial charge in [0.1, 0.15) is 17.3 Å². The maximum atomic E-state index is 5.82. The van der Waals surface area contributed by atoms with Crippen LogP contribution in [-0.4, -0.2) is 23.1 Å². The summed E-state index contributed by atoms with van der Waals surface area (Å²) in [5, 5.41) is 0.489. The summed E-state index contributed by atoms with van der Waals surface area (Å²) in [4.78, 5) is 10.2. The third kappa shape index (κ3) is 3.67. The average molecular weight is 228 g/mol. The number of hydrogen-bond donors (Lipinski definition) is 0. The first kappa shape index (κ1) is 12.2. The maximum Gasteiger partial charge on any atom is 0.134 e. The summed E-state index contributed by atoms with van der Waals surface area (Å²) in [6.07, 6.45) is 2.63. The van der Waals surface area contributed by atoms with Gasteiger partial charge in [0, 0.05) is 19.2 Å². The molecule has 0 fully saturated rings. The van der Waals surface area contributed by atoms with Crippen LogP contribution in [0.5, 0.6) is 0 Å². The molecule has 0 aliphatic heterocycles. The van der Waals surface area contributed by atoms with E-state index in [1.165, 1.54) is 6.33 Å². The molecule has 0 bridgehead atoms. The van der Waals surface area contributed by atoms with E-state index in [0.29, 0.717) is 17.1 Å². The van der Waals surface area contributed by atoms with Crippen molar-refractivity contribution in [1.82, 2.24) is 9.97 Å². The standard InChI is InChI=1S/C11H18ClN3/c1-8(2)5-9(3)15(4)11-6-10(12)13-7-14-11/h6-9H,5H2,1-4H3. The predicted molar refractivity (Wildman–Crippen MR) is 64.4 cm³/mol. The van der Waals surface area contributed by atoms with Gasteiger partial charge in [-0.1, -0.05) is 25.4 Å². The number of anilines is 1. The molecule has 0 spiro atoms. The lowest BCUT2D eigenvalue weighted by Gasteiger charge is -2.27. The average Bonchev–Trinajstić information content (AvgIpc) is 2.15. The fourth-order valence-corrected chi connectivity index (χ4v) is 1.72. The Balaban J connectivity index is 2.71. The summed E-state index contributed by atoms with van der Waals surface area (Å²) in [6.45, 7) is 6.63. The van der Waals surface area contributed by atoms with Crippen molar-refractivity contribution >= 4 is 17.4 Å². The van der Waals surface area contributed by atoms with E-state index in [4.69, 9.17) is 11.6 Å². The SMILES string of the molecule is CC(C)CC(C)N(C)c1cc(Cl)ncn1. The molecule has 84 valence electrons. The van der Waals surface area contributed by atoms with E-state index >= 15 is 0 Å². The van der Waals surface area contributed by atoms with Gasteiger partial charge in [-0.15, -0.1) is 0 Å². The zero-order valence-corrected chi connectivity index (χ0v) is 10.5. The van der Waals surface area contributed by atoms with Crippen LogP contribution in [-0.2, 0) is 0 Å². The highest BCUT2D eigenvalue weighted by molar-refractivity contribution is 6.29. The van der Waals surface area contributed by atoms with Crippen LogP contribution < -0.4 is 4.90 Å². The van der Waals surface area contributed by atoms with Crippen molar-refractivity contribution in [3.63, 3.8) is 0 Å². The summed E-state index contributed by atoms with van der Waals surface area (Å²) in [6, 6.07) is 2.24. The monoisotopic (exact) mass is 227 g/mol. The molecule has 1 aromatic rings. The van der Waals surface area contributed by atoms with Crippen molar-refractivity contribution in [3.05, 3.63) is 17.5 Å². The zero-order chi connectivity index (χ0) is 11.4. The van der Waals surface area contributed by atoms with Crippen molar-refractivity contribution < 1.29 is 0 Å². The summed E-state index contributed by atoms with van der Waals surface area (Å²) < 4.78 is 0. The molecule has 1 unspecified atom stereocenters. The second-order valence-electron chi connectivity index (χ2n) is 4.29. The summed E-state index contributed by atoms with van der Waals surface area (Å²) in [5.74, 6) is 1.56. The molecule has 1 atom stereocenters. The van der Waals surface area contributed by atoms with Crippen molar-refractivity contribution in [2.45, 2.75) is 33.2 Å². The van der Waals surface area contributed by atoms with Crippen molar-refractivity contribution in [2.75, 3.05) is 11.9 Å². The van der Waals surface area contributed by atoms with Gasteiger partial charge >= 0.3 is 0 Å². The third-order valence-corrected chi connectivity index (χ3v) is 2.66. The van der Waals surface area contributed by atoms with Crippen molar-refractivity contribution in [3.8, 4) is 0 Å². The Morgan fingerprint density at radius 3 is 2.53 bits per heavy atom. The van der Waals surface area contributed by atoms with Gasteiger partial charge in [0.2, 0.25) is 0 Å². The van der Waals surface area contributed by atoms with Gasteiger partial charge in [-0.3, -0.25) is 0 Å². The van der Waals surface area contributed by atoms with Crippen LogP contribution in [0.2, 0.25) is 5.15 Å². The molecule has 0 N–H and O–H groups in total. The van der Waals surface area contributed by atoms with Crippen LogP contribution in [0.1, 0.15) is 27.2 Å². The maximum absolute atomic E-state index is 5.82. The molecule has 1 heterocycles. The van der Waals surface area contributed by atoms with Crippen LogP contribution in [0.25, 0.3) is 0 Å². The van der Waals surface area contributed by atoms with Crippen molar-refractivity contribution in [2.24, 2.45) is 5.92 Å². The Morgan fingerprint density at radius 1 is 1.33 bits per heavy atom. The van der Waals surface area contributed by atoms with E-state index in [1.807, 2.05) is 7.05 Å². The fourth-order valence-electron chi connectivity index (χ4n) is 1.58. The quantitative estimate of drug-likeness (QED) is 0.741. The molecule has 3 nitrogen and oxygen atoms in total. The number of aromatic nitrogens is 2. The molecule has 0 amide bonds. The highest BCUT2D eigenvalue weighted by atomic mass is 35.5. The lowest BCUT2D eigenvalue weighted by atomic mass is 10.0. The Kier molecular flexibility index (Phi) is 4.33. The van der Waals surface area contributed by atoms with Gasteiger partial charge in [0.25, 0.3) is 0 Å². The fraction of sp³-hybridized carbons (Fsp3) is 0.636. The second-order valence-corrected chi connectivity index (χ2v) is 4.68. The third-order valence-electron chi connectivity index (χ3n) is 2.45. The van der Waals surface area contributed by atoms with Crippen molar-refractivity contribution in [1.29, 1.82) is 0 Å². The van der Waals surface area contributed by atoms with E-state index in [2.05, 4.69) is 35.6 Å². The minimum absolute atomic E-state index is 0.455. The predicted octanol–water partition coefficient (Wildman–Crippen LogP) is 3.00. The molecule has 0 saturated heterocycles. The highest BCUT2D eigenvalue weighted by Crippen LogP contribution is 2.18. The second kappa shape index (κ2) is 5.31. The molecule has 0 aromatic carbocycles. The molecular weight excluding hydrogens is 210 g/mol. The Bertz CT molecular complexity index is 314. The molecule has 0 saturated carbocycles. The molecule has 1 aromatic heterocycles. The normalized spacial score (nSPS) is 12.9. The van der Waals surface area contributed by atoms with Gasteiger partial charge in [-0.05, 0) is 19.3 Å². The Labute approximate surface area is 96.5 Å². The molecule has 0 radical (unpaired) electrons. The molecule has 4 heteroatoms. The first-order valence-electron chi connectivity index (χ1n) is 5.21.